The lowest BCUT2D eigenvalue weighted by Gasteiger charge is -2.27. The zero-order valence-electron chi connectivity index (χ0n) is 19.4. The Morgan fingerprint density at radius 1 is 1.00 bits per heavy atom. The predicted molar refractivity (Wildman–Crippen MR) is 127 cm³/mol. The molecule has 32 heavy (non-hydrogen) atoms. The van der Waals surface area contributed by atoms with Crippen LogP contribution in [0.25, 0.3) is 22.3 Å². The van der Waals surface area contributed by atoms with Crippen LogP contribution in [-0.4, -0.2) is 12.9 Å². The number of aryl methyl sites for hydroxylation is 1. The molecule has 0 amide bonds. The highest BCUT2D eigenvalue weighted by Crippen LogP contribution is 2.41. The molecule has 0 radical (unpaired) electrons. The Labute approximate surface area is 189 Å². The molecule has 6 heteroatoms. The van der Waals surface area contributed by atoms with Crippen molar-refractivity contribution in [2.24, 2.45) is 0 Å². The summed E-state index contributed by atoms with van der Waals surface area (Å²) in [5.41, 5.74) is 0.501. The number of halogens is 3. The molecule has 1 heterocycles. The summed E-state index contributed by atoms with van der Waals surface area (Å²) in [5, 5.41) is 0.799. The van der Waals surface area contributed by atoms with Crippen LogP contribution in [-0.2, 0) is 12.6 Å². The summed E-state index contributed by atoms with van der Waals surface area (Å²) in [6, 6.07) is 11.7. The van der Waals surface area contributed by atoms with Crippen LogP contribution >= 0.6 is 0 Å². The summed E-state index contributed by atoms with van der Waals surface area (Å²) in [7, 11) is 1.01. The molecule has 0 saturated heterocycles. The Morgan fingerprint density at radius 3 is 2.47 bits per heavy atom. The van der Waals surface area contributed by atoms with Gasteiger partial charge in [-0.05, 0) is 69.0 Å². The van der Waals surface area contributed by atoms with E-state index in [0.29, 0.717) is 5.58 Å². The molecular weight excluding hydrogens is 412 g/mol. The third-order valence-electron chi connectivity index (χ3n) is 5.74. The average molecular weight is 444 g/mol. The molecule has 0 saturated carbocycles. The van der Waals surface area contributed by atoms with Crippen LogP contribution in [0.5, 0.6) is 5.75 Å². The first-order valence-corrected chi connectivity index (χ1v) is 11.6. The summed E-state index contributed by atoms with van der Waals surface area (Å²) in [5.74, 6) is 0.436. The highest BCUT2D eigenvalue weighted by atomic mass is 19.4. The van der Waals surface area contributed by atoms with Gasteiger partial charge >= 0.3 is 6.18 Å². The number of ether oxygens (including phenoxy) is 1. The molecule has 3 rings (SSSR count). The molecule has 0 aliphatic rings. The van der Waals surface area contributed by atoms with Gasteiger partial charge < -0.3 is 9.15 Å². The fraction of sp³-hybridized carbons (Fsp3) is 0.462. The van der Waals surface area contributed by atoms with Crippen molar-refractivity contribution < 1.29 is 22.3 Å². The van der Waals surface area contributed by atoms with Gasteiger partial charge in [-0.2, -0.15) is 13.2 Å². The second-order valence-corrected chi connectivity index (χ2v) is 9.11. The minimum Gasteiger partial charge on any atom is -0.488 e. The second-order valence-electron chi connectivity index (χ2n) is 9.11. The zero-order chi connectivity index (χ0) is 23.4. The van der Waals surface area contributed by atoms with Gasteiger partial charge in [0.2, 0.25) is 0 Å². The number of hydrogen-bond acceptors (Lipinski definition) is 2. The van der Waals surface area contributed by atoms with Gasteiger partial charge in [-0.3, -0.25) is 0 Å². The van der Waals surface area contributed by atoms with E-state index in [2.05, 4.69) is 13.7 Å². The van der Waals surface area contributed by atoms with Crippen LogP contribution in [0.1, 0.15) is 57.6 Å². The molecule has 2 aromatic carbocycles. The van der Waals surface area contributed by atoms with Gasteiger partial charge in [-0.15, -0.1) is 0 Å². The van der Waals surface area contributed by atoms with Gasteiger partial charge in [0.1, 0.15) is 30.0 Å². The lowest BCUT2D eigenvalue weighted by atomic mass is 9.74. The van der Waals surface area contributed by atoms with Gasteiger partial charge in [0, 0.05) is 10.9 Å². The fourth-order valence-electron chi connectivity index (χ4n) is 3.95. The minimum atomic E-state index is -4.52. The molecule has 0 fully saturated rings. The third-order valence-corrected chi connectivity index (χ3v) is 5.74. The fourth-order valence-corrected chi connectivity index (χ4v) is 3.95. The van der Waals surface area contributed by atoms with Crippen molar-refractivity contribution in [3.63, 3.8) is 0 Å². The molecular formula is C26H32BF3O2. The van der Waals surface area contributed by atoms with Crippen LogP contribution in [0.15, 0.2) is 46.9 Å². The molecule has 1 aromatic heterocycles. The van der Waals surface area contributed by atoms with Crippen molar-refractivity contribution >= 4 is 18.2 Å². The second kappa shape index (κ2) is 10.1. The molecule has 172 valence electrons. The van der Waals surface area contributed by atoms with Gasteiger partial charge in [0.05, 0.1) is 5.56 Å². The van der Waals surface area contributed by atoms with Crippen LogP contribution < -0.4 is 4.74 Å². The monoisotopic (exact) mass is 444 g/mol. The van der Waals surface area contributed by atoms with Crippen molar-refractivity contribution in [2.45, 2.75) is 77.8 Å². The largest absolute Gasteiger partial charge is 0.488 e. The highest BCUT2D eigenvalue weighted by Gasteiger charge is 2.35. The quantitative estimate of drug-likeness (QED) is 0.232. The Kier molecular flexibility index (Phi) is 7.63. The average Bonchev–Trinajstić information content (AvgIpc) is 3.15. The number of fused-ring (bicyclic) bond motifs is 1. The SMILES string of the molecule is CBCCC(C)(C)Oc1ccc(-c2cc3ccc(CCCCC)cc3o2)c(C(F)(F)F)c1. The normalized spacial score (nSPS) is 12.3. The summed E-state index contributed by atoms with van der Waals surface area (Å²) in [6.45, 7) is 8.04. The Morgan fingerprint density at radius 2 is 1.78 bits per heavy atom. The van der Waals surface area contributed by atoms with Gasteiger partial charge in [0.15, 0.2) is 0 Å². The lowest BCUT2D eigenvalue weighted by Crippen LogP contribution is -2.28. The maximum atomic E-state index is 13.9. The maximum absolute atomic E-state index is 13.9. The molecule has 3 aromatic rings. The van der Waals surface area contributed by atoms with Gasteiger partial charge in [0.25, 0.3) is 0 Å². The van der Waals surface area contributed by atoms with Crippen molar-refractivity contribution in [1.82, 2.24) is 0 Å². The topological polar surface area (TPSA) is 22.4 Å². The van der Waals surface area contributed by atoms with Crippen LogP contribution in [0.2, 0.25) is 13.1 Å². The van der Waals surface area contributed by atoms with E-state index < -0.39 is 17.3 Å². The minimum absolute atomic E-state index is 0.0277. The smallest absolute Gasteiger partial charge is 0.417 e. The lowest BCUT2D eigenvalue weighted by molar-refractivity contribution is -0.137. The molecule has 0 aliphatic carbocycles. The zero-order valence-corrected chi connectivity index (χ0v) is 19.4. The van der Waals surface area contributed by atoms with E-state index in [1.807, 2.05) is 32.0 Å². The van der Waals surface area contributed by atoms with Crippen LogP contribution in [0.3, 0.4) is 0 Å². The molecule has 0 aliphatic heterocycles. The van der Waals surface area contributed by atoms with E-state index in [1.54, 1.807) is 12.1 Å². The van der Waals surface area contributed by atoms with E-state index in [-0.39, 0.29) is 17.1 Å². The Balaban J connectivity index is 1.93. The van der Waals surface area contributed by atoms with E-state index in [4.69, 9.17) is 9.15 Å². The molecule has 0 spiro atoms. The summed E-state index contributed by atoms with van der Waals surface area (Å²) in [6.07, 6.45) is 1.53. The third kappa shape index (κ3) is 6.11. The molecule has 2 nitrogen and oxygen atoms in total. The summed E-state index contributed by atoms with van der Waals surface area (Å²) < 4.78 is 53.6. The first-order chi connectivity index (χ1) is 15.1. The summed E-state index contributed by atoms with van der Waals surface area (Å²) >= 11 is 0. The first-order valence-electron chi connectivity index (χ1n) is 11.6. The Hall–Kier alpha value is -2.37. The maximum Gasteiger partial charge on any atom is 0.417 e. The van der Waals surface area contributed by atoms with E-state index >= 15 is 0 Å². The number of unbranched alkanes of at least 4 members (excludes halogenated alkanes) is 2. The number of alkyl halides is 3. The van der Waals surface area contributed by atoms with E-state index in [1.165, 1.54) is 6.07 Å². The molecule has 0 bridgehead atoms. The van der Waals surface area contributed by atoms with Crippen LogP contribution in [0.4, 0.5) is 13.2 Å². The highest BCUT2D eigenvalue weighted by molar-refractivity contribution is 6.33. The van der Waals surface area contributed by atoms with Gasteiger partial charge in [-0.1, -0.05) is 45.0 Å². The molecule has 0 N–H and O–H groups in total. The van der Waals surface area contributed by atoms with Crippen molar-refractivity contribution in [2.75, 3.05) is 0 Å². The number of hydrogen-bond donors (Lipinski definition) is 0. The standard InChI is InChI=1S/C26H32BF3O2/c1-5-6-7-8-18-9-10-19-16-24(31-23(19)15-18)21-12-11-20(17-22(21)26(28,29)30)32-25(2,3)13-14-27-4/h9-12,15-17,27H,5-8,13-14H2,1-4H3. The summed E-state index contributed by atoms with van der Waals surface area (Å²) in [4.78, 5) is 0. The van der Waals surface area contributed by atoms with Gasteiger partial charge in [-0.25, -0.2) is 0 Å². The predicted octanol–water partition coefficient (Wildman–Crippen LogP) is 8.30. The number of benzene rings is 2. The Bertz CT molecular complexity index is 1040. The molecule has 0 unspecified atom stereocenters. The molecule has 0 atom stereocenters. The van der Waals surface area contributed by atoms with Crippen molar-refractivity contribution in [1.29, 1.82) is 0 Å². The van der Waals surface area contributed by atoms with Crippen molar-refractivity contribution in [3.05, 3.63) is 53.6 Å². The van der Waals surface area contributed by atoms with Crippen LogP contribution in [0, 0.1) is 0 Å². The number of furan rings is 1. The first kappa shape index (κ1) is 24.3. The van der Waals surface area contributed by atoms with E-state index in [9.17, 15) is 13.2 Å². The number of rotatable bonds is 10. The van der Waals surface area contributed by atoms with Crippen molar-refractivity contribution in [3.8, 4) is 17.1 Å². The van der Waals surface area contributed by atoms with E-state index in [0.717, 1.165) is 62.7 Å².